The molecule has 2 aromatic heterocycles. The molecule has 10 heavy (non-hydrogen) atoms. The molecule has 0 spiro atoms. The van der Waals surface area contributed by atoms with E-state index >= 15 is 0 Å². The molecule has 0 bridgehead atoms. The summed E-state index contributed by atoms with van der Waals surface area (Å²) in [6, 6.07) is 0. The highest BCUT2D eigenvalue weighted by Crippen LogP contribution is 1.98. The van der Waals surface area contributed by atoms with Crippen molar-refractivity contribution in [3.05, 3.63) is 18.7 Å². The third kappa shape index (κ3) is 0.680. The van der Waals surface area contributed by atoms with Crippen molar-refractivity contribution in [1.29, 1.82) is 0 Å². The van der Waals surface area contributed by atoms with E-state index in [1.165, 1.54) is 12.5 Å². The van der Waals surface area contributed by atoms with Gasteiger partial charge in [0, 0.05) is 0 Å². The van der Waals surface area contributed by atoms with Crippen LogP contribution < -0.4 is 0 Å². The summed E-state index contributed by atoms with van der Waals surface area (Å²) in [6.07, 6.45) is 5.53. The number of hydrogen-bond donors (Lipinski definition) is 0. The SMILES string of the molecule is [c]1ncnc2cnnnc12. The molecule has 0 aliphatic heterocycles. The second-order valence-corrected chi connectivity index (χ2v) is 1.65. The number of nitrogens with zero attached hydrogens (tertiary/aromatic N) is 5. The Labute approximate surface area is 56.1 Å². The van der Waals surface area contributed by atoms with Gasteiger partial charge >= 0.3 is 0 Å². The van der Waals surface area contributed by atoms with Crippen molar-refractivity contribution >= 4 is 11.0 Å². The molecule has 5 heteroatoms. The highest BCUT2D eigenvalue weighted by atomic mass is 15.3. The van der Waals surface area contributed by atoms with Crippen molar-refractivity contribution in [1.82, 2.24) is 25.4 Å². The Bertz CT molecular complexity index is 281. The molecular formula is C5H2N5. The summed E-state index contributed by atoms with van der Waals surface area (Å²) in [7, 11) is 0. The van der Waals surface area contributed by atoms with Crippen LogP contribution >= 0.6 is 0 Å². The van der Waals surface area contributed by atoms with Gasteiger partial charge in [-0.25, -0.2) is 9.97 Å². The van der Waals surface area contributed by atoms with Crippen molar-refractivity contribution in [2.45, 2.75) is 0 Å². The molecule has 47 valence electrons. The van der Waals surface area contributed by atoms with Crippen molar-refractivity contribution in [2.75, 3.05) is 0 Å². The third-order valence-corrected chi connectivity index (χ3v) is 1.04. The van der Waals surface area contributed by atoms with Crippen molar-refractivity contribution in [3.63, 3.8) is 0 Å². The molecule has 0 aliphatic carbocycles. The zero-order chi connectivity index (χ0) is 6.81. The molecule has 0 unspecified atom stereocenters. The monoisotopic (exact) mass is 132 g/mol. The highest BCUT2D eigenvalue weighted by Gasteiger charge is 1.92. The van der Waals surface area contributed by atoms with Gasteiger partial charge in [0.05, 0.1) is 6.20 Å². The largest absolute Gasteiger partial charge is 0.233 e. The van der Waals surface area contributed by atoms with Gasteiger partial charge in [-0.3, -0.25) is 0 Å². The van der Waals surface area contributed by atoms with Crippen molar-refractivity contribution in [2.24, 2.45) is 0 Å². The quantitative estimate of drug-likeness (QED) is 0.488. The summed E-state index contributed by atoms with van der Waals surface area (Å²) in [4.78, 5) is 7.52. The maximum absolute atomic E-state index is 3.87. The molecule has 0 N–H and O–H groups in total. The Morgan fingerprint density at radius 2 is 2.40 bits per heavy atom. The topological polar surface area (TPSA) is 64.5 Å². The maximum Gasteiger partial charge on any atom is 0.143 e. The number of aromatic nitrogens is 5. The molecule has 0 aromatic carbocycles. The van der Waals surface area contributed by atoms with Gasteiger partial charge in [0.1, 0.15) is 23.6 Å². The van der Waals surface area contributed by atoms with Crippen LogP contribution in [0, 0.1) is 6.20 Å². The lowest BCUT2D eigenvalue weighted by Crippen LogP contribution is -1.89. The smallest absolute Gasteiger partial charge is 0.143 e. The van der Waals surface area contributed by atoms with Crippen LogP contribution in [-0.2, 0) is 0 Å². The van der Waals surface area contributed by atoms with E-state index in [0.29, 0.717) is 11.0 Å². The lowest BCUT2D eigenvalue weighted by Gasteiger charge is -1.87. The van der Waals surface area contributed by atoms with Crippen LogP contribution in [0.2, 0.25) is 0 Å². The van der Waals surface area contributed by atoms with Crippen LogP contribution in [0.25, 0.3) is 11.0 Å². The Kier molecular flexibility index (Phi) is 1.00. The molecule has 0 amide bonds. The van der Waals surface area contributed by atoms with E-state index in [0.717, 1.165) is 0 Å². The van der Waals surface area contributed by atoms with Gasteiger partial charge < -0.3 is 0 Å². The number of fused-ring (bicyclic) bond motifs is 1. The van der Waals surface area contributed by atoms with Crippen LogP contribution in [0.5, 0.6) is 0 Å². The van der Waals surface area contributed by atoms with Gasteiger partial charge in [-0.15, -0.1) is 10.2 Å². The Hall–Kier alpha value is -1.65. The lowest BCUT2D eigenvalue weighted by atomic mass is 10.5. The summed E-state index contributed by atoms with van der Waals surface area (Å²) < 4.78 is 0. The van der Waals surface area contributed by atoms with Crippen LogP contribution in [0.1, 0.15) is 0 Å². The first-order valence-electron chi connectivity index (χ1n) is 2.63. The van der Waals surface area contributed by atoms with Gasteiger partial charge in [0.2, 0.25) is 0 Å². The molecule has 0 aliphatic rings. The van der Waals surface area contributed by atoms with Crippen LogP contribution in [0.4, 0.5) is 0 Å². The predicted octanol–water partition coefficient (Wildman–Crippen LogP) is -0.385. The minimum atomic E-state index is 0.539. The average Bonchev–Trinajstić information content (AvgIpc) is 2.05. The van der Waals surface area contributed by atoms with E-state index in [1.807, 2.05) is 0 Å². The Balaban J connectivity index is 2.89. The van der Waals surface area contributed by atoms with E-state index in [9.17, 15) is 0 Å². The summed E-state index contributed by atoms with van der Waals surface area (Å²) in [5.41, 5.74) is 1.20. The fraction of sp³-hybridized carbons (Fsp3) is 0. The van der Waals surface area contributed by atoms with E-state index in [2.05, 4.69) is 31.6 Å². The van der Waals surface area contributed by atoms with Crippen LogP contribution in [0.3, 0.4) is 0 Å². The standard InChI is InChI=1S/C5H2N5/c1-5-4(7-3-6-1)2-8-10-9-5/h2-3H. The fourth-order valence-corrected chi connectivity index (χ4v) is 0.619. The second-order valence-electron chi connectivity index (χ2n) is 1.65. The fourth-order valence-electron chi connectivity index (χ4n) is 0.619. The van der Waals surface area contributed by atoms with Crippen LogP contribution in [-0.4, -0.2) is 25.4 Å². The molecule has 0 atom stereocenters. The zero-order valence-corrected chi connectivity index (χ0v) is 4.89. The number of hydrogen-bond acceptors (Lipinski definition) is 5. The second kappa shape index (κ2) is 1.94. The summed E-state index contributed by atoms with van der Waals surface area (Å²) in [6.45, 7) is 0. The van der Waals surface area contributed by atoms with Crippen molar-refractivity contribution < 1.29 is 0 Å². The zero-order valence-electron chi connectivity index (χ0n) is 4.89. The Morgan fingerprint density at radius 3 is 3.30 bits per heavy atom. The van der Waals surface area contributed by atoms with Crippen LogP contribution in [0.15, 0.2) is 12.5 Å². The predicted molar refractivity (Wildman–Crippen MR) is 31.8 cm³/mol. The van der Waals surface area contributed by atoms with Gasteiger partial charge in [0.25, 0.3) is 0 Å². The van der Waals surface area contributed by atoms with Crippen molar-refractivity contribution in [3.8, 4) is 0 Å². The van der Waals surface area contributed by atoms with E-state index < -0.39 is 0 Å². The minimum absolute atomic E-state index is 0.539. The van der Waals surface area contributed by atoms with Gasteiger partial charge in [-0.05, 0) is 5.21 Å². The summed E-state index contributed by atoms with van der Waals surface area (Å²) in [5.74, 6) is 0. The molecule has 0 fully saturated rings. The minimum Gasteiger partial charge on any atom is -0.233 e. The lowest BCUT2D eigenvalue weighted by molar-refractivity contribution is 0.886. The molecule has 2 aromatic rings. The maximum atomic E-state index is 3.87. The molecule has 0 saturated heterocycles. The molecule has 2 rings (SSSR count). The van der Waals surface area contributed by atoms with Gasteiger partial charge in [-0.1, -0.05) is 0 Å². The third-order valence-electron chi connectivity index (χ3n) is 1.04. The summed E-state index contributed by atoms with van der Waals surface area (Å²) >= 11 is 0. The number of rotatable bonds is 0. The van der Waals surface area contributed by atoms with E-state index in [1.54, 1.807) is 0 Å². The normalized spacial score (nSPS) is 10.0. The van der Waals surface area contributed by atoms with Gasteiger partial charge in [0.15, 0.2) is 0 Å². The Morgan fingerprint density at radius 1 is 1.40 bits per heavy atom. The first kappa shape index (κ1) is 5.16. The van der Waals surface area contributed by atoms with E-state index in [4.69, 9.17) is 0 Å². The average molecular weight is 132 g/mol. The molecular weight excluding hydrogens is 130 g/mol. The molecule has 0 saturated carbocycles. The van der Waals surface area contributed by atoms with Gasteiger partial charge in [-0.2, -0.15) is 0 Å². The van der Waals surface area contributed by atoms with E-state index in [-0.39, 0.29) is 0 Å². The highest BCUT2D eigenvalue weighted by molar-refractivity contribution is 5.69. The molecule has 5 nitrogen and oxygen atoms in total. The summed E-state index contributed by atoms with van der Waals surface area (Å²) in [5, 5.41) is 10.6. The first-order chi connectivity index (χ1) is 4.97. The first-order valence-corrected chi connectivity index (χ1v) is 2.63. The molecule has 2 heterocycles. The molecule has 1 radical (unpaired) electrons.